The maximum Gasteiger partial charge on any atom is 0.228 e. The summed E-state index contributed by atoms with van der Waals surface area (Å²) >= 11 is 1.66. The van der Waals surface area contributed by atoms with Gasteiger partial charge in [-0.05, 0) is 25.2 Å². The third-order valence-electron chi connectivity index (χ3n) is 3.88. The van der Waals surface area contributed by atoms with Gasteiger partial charge in [0, 0.05) is 31.2 Å². The molecular weight excluding hydrogens is 312 g/mol. The molecule has 1 fully saturated rings. The summed E-state index contributed by atoms with van der Waals surface area (Å²) in [6.07, 6.45) is 0. The second-order valence-corrected chi connectivity index (χ2v) is 6.74. The highest BCUT2D eigenvalue weighted by molar-refractivity contribution is 7.22. The molecule has 1 aliphatic rings. The fourth-order valence-corrected chi connectivity index (χ4v) is 3.60. The maximum absolute atomic E-state index is 12.1. The first-order valence-electron chi connectivity index (χ1n) is 7.86. The number of rotatable bonds is 5. The van der Waals surface area contributed by atoms with Gasteiger partial charge in [-0.2, -0.15) is 0 Å². The van der Waals surface area contributed by atoms with E-state index in [1.54, 1.807) is 11.3 Å². The summed E-state index contributed by atoms with van der Waals surface area (Å²) in [5, 5.41) is 7.02. The smallest absolute Gasteiger partial charge is 0.228 e. The summed E-state index contributed by atoms with van der Waals surface area (Å²) in [5.41, 5.74) is 1.79. The Bertz CT molecular complexity index is 682. The predicted molar refractivity (Wildman–Crippen MR) is 94.4 cm³/mol. The lowest BCUT2D eigenvalue weighted by Gasteiger charge is -2.25. The van der Waals surface area contributed by atoms with Crippen molar-refractivity contribution in [2.24, 2.45) is 5.92 Å². The van der Waals surface area contributed by atoms with Crippen molar-refractivity contribution in [3.05, 3.63) is 18.2 Å². The highest BCUT2D eigenvalue weighted by Crippen LogP contribution is 2.31. The molecule has 1 atom stereocenters. The topological polar surface area (TPSA) is 66.5 Å². The second kappa shape index (κ2) is 7.25. The molecule has 1 amide bonds. The van der Waals surface area contributed by atoms with Crippen LogP contribution in [0.5, 0.6) is 0 Å². The quantitative estimate of drug-likeness (QED) is 0.874. The third kappa shape index (κ3) is 3.80. The van der Waals surface area contributed by atoms with Gasteiger partial charge in [0.15, 0.2) is 5.13 Å². The van der Waals surface area contributed by atoms with Gasteiger partial charge in [-0.1, -0.05) is 18.3 Å². The number of thiazole rings is 1. The average Bonchev–Trinajstić information content (AvgIpc) is 2.99. The van der Waals surface area contributed by atoms with Crippen LogP contribution in [0.1, 0.15) is 6.92 Å². The fraction of sp³-hybridized carbons (Fsp3) is 0.500. The average molecular weight is 334 g/mol. The molecule has 0 aliphatic carbocycles. The Hall–Kier alpha value is -1.70. The molecule has 23 heavy (non-hydrogen) atoms. The van der Waals surface area contributed by atoms with Gasteiger partial charge in [-0.15, -0.1) is 0 Å². The monoisotopic (exact) mass is 334 g/mol. The van der Waals surface area contributed by atoms with Crippen LogP contribution in [-0.2, 0) is 9.53 Å². The highest BCUT2D eigenvalue weighted by Gasteiger charge is 2.16. The first kappa shape index (κ1) is 16.2. The van der Waals surface area contributed by atoms with E-state index in [4.69, 9.17) is 4.74 Å². The lowest BCUT2D eigenvalue weighted by Crippen LogP contribution is -2.36. The van der Waals surface area contributed by atoms with Gasteiger partial charge >= 0.3 is 0 Å². The minimum absolute atomic E-state index is 0.0246. The van der Waals surface area contributed by atoms with Crippen LogP contribution in [0.4, 0.5) is 10.8 Å². The number of hydrogen-bond donors (Lipinski definition) is 2. The van der Waals surface area contributed by atoms with Crippen molar-refractivity contribution >= 4 is 38.3 Å². The van der Waals surface area contributed by atoms with Crippen molar-refractivity contribution in [2.75, 3.05) is 50.1 Å². The number of fused-ring (bicyclic) bond motifs is 1. The number of nitrogens with one attached hydrogen (secondary N) is 2. The van der Waals surface area contributed by atoms with Gasteiger partial charge in [0.05, 0.1) is 23.4 Å². The van der Waals surface area contributed by atoms with Crippen molar-refractivity contribution in [1.29, 1.82) is 0 Å². The highest BCUT2D eigenvalue weighted by atomic mass is 32.1. The number of nitrogens with zero attached hydrogens (tertiary/aromatic N) is 2. The first-order valence-corrected chi connectivity index (χ1v) is 8.68. The lowest BCUT2D eigenvalue weighted by atomic mass is 10.1. The fourth-order valence-electron chi connectivity index (χ4n) is 2.54. The molecule has 1 aliphatic heterocycles. The molecule has 6 nitrogen and oxygen atoms in total. The minimum Gasteiger partial charge on any atom is -0.378 e. The number of carbonyl (C=O) groups is 1. The molecule has 0 saturated carbocycles. The van der Waals surface area contributed by atoms with Crippen LogP contribution >= 0.6 is 11.3 Å². The SMILES string of the molecule is CNCC(C)C(=O)Nc1ccc2nc(N3CCOCC3)sc2c1. The molecule has 2 aromatic rings. The Kier molecular flexibility index (Phi) is 5.09. The van der Waals surface area contributed by atoms with Crippen molar-refractivity contribution in [3.63, 3.8) is 0 Å². The standard InChI is InChI=1S/C16H22N4O2S/c1-11(10-17-2)15(21)18-12-3-4-13-14(9-12)23-16(19-13)20-5-7-22-8-6-20/h3-4,9,11,17H,5-8,10H2,1-2H3,(H,18,21). The number of morpholine rings is 1. The van der Waals surface area contributed by atoms with E-state index < -0.39 is 0 Å². The zero-order chi connectivity index (χ0) is 16.2. The van der Waals surface area contributed by atoms with E-state index in [0.717, 1.165) is 47.3 Å². The van der Waals surface area contributed by atoms with Gasteiger partial charge < -0.3 is 20.3 Å². The van der Waals surface area contributed by atoms with Gasteiger partial charge in [0.2, 0.25) is 5.91 Å². The molecule has 1 aromatic heterocycles. The predicted octanol–water partition coefficient (Wildman–Crippen LogP) is 1.93. The summed E-state index contributed by atoms with van der Waals surface area (Å²) in [7, 11) is 1.85. The summed E-state index contributed by atoms with van der Waals surface area (Å²) < 4.78 is 6.47. The molecule has 0 bridgehead atoms. The number of anilines is 2. The molecule has 3 rings (SSSR count). The maximum atomic E-state index is 12.1. The van der Waals surface area contributed by atoms with E-state index >= 15 is 0 Å². The number of benzene rings is 1. The lowest BCUT2D eigenvalue weighted by molar-refractivity contribution is -0.119. The van der Waals surface area contributed by atoms with Crippen LogP contribution < -0.4 is 15.5 Å². The number of ether oxygens (including phenoxy) is 1. The Morgan fingerprint density at radius 2 is 2.22 bits per heavy atom. The zero-order valence-electron chi connectivity index (χ0n) is 13.5. The van der Waals surface area contributed by atoms with Crippen LogP contribution in [0.3, 0.4) is 0 Å². The van der Waals surface area contributed by atoms with Crippen LogP contribution in [0.2, 0.25) is 0 Å². The third-order valence-corrected chi connectivity index (χ3v) is 4.96. The van der Waals surface area contributed by atoms with Gasteiger partial charge in [0.1, 0.15) is 0 Å². The van der Waals surface area contributed by atoms with E-state index in [2.05, 4.69) is 20.5 Å². The Balaban J connectivity index is 1.75. The minimum atomic E-state index is -0.0685. The zero-order valence-corrected chi connectivity index (χ0v) is 14.3. The van der Waals surface area contributed by atoms with E-state index in [9.17, 15) is 4.79 Å². The summed E-state index contributed by atoms with van der Waals surface area (Å²) in [6.45, 7) is 5.83. The van der Waals surface area contributed by atoms with E-state index in [1.807, 2.05) is 32.2 Å². The normalized spacial score (nSPS) is 16.5. The molecule has 7 heteroatoms. The Morgan fingerprint density at radius 3 is 2.96 bits per heavy atom. The molecular formula is C16H22N4O2S. The van der Waals surface area contributed by atoms with E-state index in [0.29, 0.717) is 6.54 Å². The Labute approximate surface area is 139 Å². The van der Waals surface area contributed by atoms with Crippen molar-refractivity contribution < 1.29 is 9.53 Å². The van der Waals surface area contributed by atoms with E-state index in [1.165, 1.54) is 0 Å². The van der Waals surface area contributed by atoms with Crippen molar-refractivity contribution in [3.8, 4) is 0 Å². The molecule has 2 heterocycles. The molecule has 2 N–H and O–H groups in total. The molecule has 0 spiro atoms. The molecule has 0 radical (unpaired) electrons. The molecule has 1 saturated heterocycles. The van der Waals surface area contributed by atoms with E-state index in [-0.39, 0.29) is 11.8 Å². The summed E-state index contributed by atoms with van der Waals surface area (Å²) in [4.78, 5) is 19.0. The Morgan fingerprint density at radius 1 is 1.43 bits per heavy atom. The summed E-state index contributed by atoms with van der Waals surface area (Å²) in [6, 6.07) is 5.88. The van der Waals surface area contributed by atoms with Crippen molar-refractivity contribution in [1.82, 2.24) is 10.3 Å². The van der Waals surface area contributed by atoms with Gasteiger partial charge in [-0.25, -0.2) is 4.98 Å². The first-order chi connectivity index (χ1) is 11.2. The van der Waals surface area contributed by atoms with Crippen molar-refractivity contribution in [2.45, 2.75) is 6.92 Å². The summed E-state index contributed by atoms with van der Waals surface area (Å²) in [5.74, 6) is -0.0438. The van der Waals surface area contributed by atoms with Crippen LogP contribution in [0, 0.1) is 5.92 Å². The van der Waals surface area contributed by atoms with Gasteiger partial charge in [0.25, 0.3) is 0 Å². The second-order valence-electron chi connectivity index (χ2n) is 5.73. The number of hydrogen-bond acceptors (Lipinski definition) is 6. The van der Waals surface area contributed by atoms with Crippen LogP contribution in [-0.4, -0.2) is 50.8 Å². The number of aromatic nitrogens is 1. The largest absolute Gasteiger partial charge is 0.378 e. The van der Waals surface area contributed by atoms with Crippen LogP contribution in [0.25, 0.3) is 10.2 Å². The molecule has 1 aromatic carbocycles. The number of carbonyl (C=O) groups excluding carboxylic acids is 1. The molecule has 124 valence electrons. The number of amides is 1. The van der Waals surface area contributed by atoms with Gasteiger partial charge in [-0.3, -0.25) is 4.79 Å². The van der Waals surface area contributed by atoms with Crippen LogP contribution in [0.15, 0.2) is 18.2 Å². The molecule has 1 unspecified atom stereocenters.